The molecular formula is C29H25N5O. The highest BCUT2D eigenvalue weighted by Crippen LogP contribution is 2.30. The van der Waals surface area contributed by atoms with Crippen molar-refractivity contribution in [3.05, 3.63) is 96.4 Å². The van der Waals surface area contributed by atoms with E-state index in [1.54, 1.807) is 0 Å². The maximum Gasteiger partial charge on any atom is 0.149 e. The number of aromatic nitrogens is 4. The van der Waals surface area contributed by atoms with Crippen molar-refractivity contribution in [1.29, 1.82) is 5.26 Å². The van der Waals surface area contributed by atoms with Crippen LogP contribution in [0.1, 0.15) is 31.2 Å². The first-order valence-corrected chi connectivity index (χ1v) is 11.7. The molecule has 0 amide bonds. The fourth-order valence-electron chi connectivity index (χ4n) is 3.89. The molecule has 0 unspecified atom stereocenters. The number of allylic oxidation sites excluding steroid dienone is 1. The maximum absolute atomic E-state index is 9.99. The van der Waals surface area contributed by atoms with E-state index in [4.69, 9.17) is 9.84 Å². The average molecular weight is 460 g/mol. The van der Waals surface area contributed by atoms with Crippen LogP contribution in [-0.2, 0) is 0 Å². The van der Waals surface area contributed by atoms with Crippen LogP contribution in [0.3, 0.4) is 0 Å². The number of imidazole rings is 1. The lowest BCUT2D eigenvalue weighted by atomic mass is 10.1. The van der Waals surface area contributed by atoms with Crippen LogP contribution in [0, 0.1) is 11.3 Å². The molecule has 1 N–H and O–H groups in total. The quantitative estimate of drug-likeness (QED) is 0.208. The summed E-state index contributed by atoms with van der Waals surface area (Å²) in [6, 6.07) is 27.9. The first-order valence-electron chi connectivity index (χ1n) is 11.7. The van der Waals surface area contributed by atoms with Crippen molar-refractivity contribution in [2.75, 3.05) is 6.61 Å². The van der Waals surface area contributed by atoms with E-state index in [0.29, 0.717) is 18.0 Å². The van der Waals surface area contributed by atoms with E-state index >= 15 is 0 Å². The molecule has 6 heteroatoms. The molecule has 6 nitrogen and oxygen atoms in total. The Bertz CT molecular complexity index is 1490. The van der Waals surface area contributed by atoms with Gasteiger partial charge in [-0.2, -0.15) is 10.4 Å². The minimum Gasteiger partial charge on any atom is -0.494 e. The summed E-state index contributed by atoms with van der Waals surface area (Å²) in [5.74, 6) is 1.33. The van der Waals surface area contributed by atoms with Crippen molar-refractivity contribution < 1.29 is 4.74 Å². The first-order chi connectivity index (χ1) is 17.2. The lowest BCUT2D eigenvalue weighted by molar-refractivity contribution is 0.309. The molecule has 0 aliphatic rings. The van der Waals surface area contributed by atoms with E-state index in [-0.39, 0.29) is 0 Å². The monoisotopic (exact) mass is 459 g/mol. The molecule has 2 heterocycles. The van der Waals surface area contributed by atoms with Gasteiger partial charge in [-0.25, -0.2) is 9.67 Å². The summed E-state index contributed by atoms with van der Waals surface area (Å²) in [7, 11) is 0. The summed E-state index contributed by atoms with van der Waals surface area (Å²) in [6.45, 7) is 2.82. The van der Waals surface area contributed by atoms with E-state index in [2.05, 4.69) is 23.0 Å². The number of hydrogen-bond acceptors (Lipinski definition) is 4. The molecule has 2 aromatic heterocycles. The second-order valence-corrected chi connectivity index (χ2v) is 8.22. The summed E-state index contributed by atoms with van der Waals surface area (Å²) in [5, 5.41) is 14.9. The Labute approximate surface area is 204 Å². The number of hydrogen-bond donors (Lipinski definition) is 1. The summed E-state index contributed by atoms with van der Waals surface area (Å²) < 4.78 is 7.76. The second-order valence-electron chi connectivity index (χ2n) is 8.22. The summed E-state index contributed by atoms with van der Waals surface area (Å²) in [6.07, 6.45) is 5.86. The molecular weight excluding hydrogens is 434 g/mol. The standard InChI is InChI=1S/C29H25N5O/c1-2-3-16-35-25-13-9-10-21(18-25)28-23(20-34(33-28)24-11-5-4-6-12-24)17-22(19-30)29-31-26-14-7-8-15-27(26)32-29/h4-15,17-18,20H,2-3,16H2,1H3,(H,31,32). The summed E-state index contributed by atoms with van der Waals surface area (Å²) >= 11 is 0. The van der Waals surface area contributed by atoms with Gasteiger partial charge < -0.3 is 9.72 Å². The number of para-hydroxylation sites is 3. The van der Waals surface area contributed by atoms with Gasteiger partial charge in [-0.05, 0) is 48.9 Å². The highest BCUT2D eigenvalue weighted by atomic mass is 16.5. The first kappa shape index (κ1) is 22.2. The maximum atomic E-state index is 9.99. The van der Waals surface area contributed by atoms with E-state index in [1.807, 2.05) is 95.8 Å². The van der Waals surface area contributed by atoms with Crippen LogP contribution in [0.25, 0.3) is 39.6 Å². The zero-order valence-corrected chi connectivity index (χ0v) is 19.5. The van der Waals surface area contributed by atoms with Crippen LogP contribution in [0.2, 0.25) is 0 Å². The Morgan fingerprint density at radius 3 is 2.69 bits per heavy atom. The van der Waals surface area contributed by atoms with E-state index in [9.17, 15) is 5.26 Å². The Kier molecular flexibility index (Phi) is 6.40. The molecule has 0 atom stereocenters. The molecule has 5 aromatic rings. The van der Waals surface area contributed by atoms with E-state index in [1.165, 1.54) is 0 Å². The van der Waals surface area contributed by atoms with Gasteiger partial charge >= 0.3 is 0 Å². The number of rotatable bonds is 8. The molecule has 0 fully saturated rings. The van der Waals surface area contributed by atoms with Crippen LogP contribution >= 0.6 is 0 Å². The topological polar surface area (TPSA) is 79.5 Å². The van der Waals surface area contributed by atoms with Gasteiger partial charge in [-0.15, -0.1) is 0 Å². The number of nitrogens with one attached hydrogen (secondary N) is 1. The second kappa shape index (κ2) is 10.1. The van der Waals surface area contributed by atoms with Crippen LogP contribution in [0.5, 0.6) is 5.75 Å². The summed E-state index contributed by atoms with van der Waals surface area (Å²) in [5.41, 5.74) is 5.58. The minimum atomic E-state index is 0.436. The number of H-pyrrole nitrogens is 1. The lowest BCUT2D eigenvalue weighted by Gasteiger charge is -2.07. The lowest BCUT2D eigenvalue weighted by Crippen LogP contribution is -1.97. The van der Waals surface area contributed by atoms with Gasteiger partial charge in [0, 0.05) is 17.3 Å². The van der Waals surface area contributed by atoms with Gasteiger partial charge in [0.15, 0.2) is 0 Å². The molecule has 35 heavy (non-hydrogen) atoms. The highest BCUT2D eigenvalue weighted by molar-refractivity contribution is 5.92. The van der Waals surface area contributed by atoms with Gasteiger partial charge in [0.05, 0.1) is 28.9 Å². The molecule has 172 valence electrons. The number of nitriles is 1. The van der Waals surface area contributed by atoms with Gasteiger partial charge in [0.25, 0.3) is 0 Å². The minimum absolute atomic E-state index is 0.436. The third kappa shape index (κ3) is 4.85. The van der Waals surface area contributed by atoms with E-state index in [0.717, 1.165) is 52.1 Å². The number of unbranched alkanes of at least 4 members (excludes halogenated alkanes) is 1. The molecule has 0 saturated carbocycles. The molecule has 5 rings (SSSR count). The fourth-order valence-corrected chi connectivity index (χ4v) is 3.89. The molecule has 0 spiro atoms. The molecule has 3 aromatic carbocycles. The van der Waals surface area contributed by atoms with Crippen molar-refractivity contribution in [3.63, 3.8) is 0 Å². The van der Waals surface area contributed by atoms with Crippen LogP contribution in [0.15, 0.2) is 85.1 Å². The molecule has 0 aliphatic heterocycles. The third-order valence-corrected chi connectivity index (χ3v) is 5.70. The van der Waals surface area contributed by atoms with Gasteiger partial charge in [0.1, 0.15) is 23.3 Å². The zero-order valence-electron chi connectivity index (χ0n) is 19.5. The van der Waals surface area contributed by atoms with Gasteiger partial charge in [-0.1, -0.05) is 55.8 Å². The van der Waals surface area contributed by atoms with Crippen molar-refractivity contribution in [2.24, 2.45) is 0 Å². The largest absolute Gasteiger partial charge is 0.494 e. The molecule has 0 aliphatic carbocycles. The molecule has 0 saturated heterocycles. The van der Waals surface area contributed by atoms with Crippen LogP contribution in [0.4, 0.5) is 0 Å². The molecule has 0 bridgehead atoms. The van der Waals surface area contributed by atoms with Crippen molar-refractivity contribution in [1.82, 2.24) is 19.7 Å². The van der Waals surface area contributed by atoms with Crippen LogP contribution in [-0.4, -0.2) is 26.4 Å². The zero-order chi connectivity index (χ0) is 24.0. The van der Waals surface area contributed by atoms with E-state index < -0.39 is 0 Å². The highest BCUT2D eigenvalue weighted by Gasteiger charge is 2.15. The molecule has 0 radical (unpaired) electrons. The normalized spacial score (nSPS) is 11.5. The van der Waals surface area contributed by atoms with Crippen LogP contribution < -0.4 is 4.74 Å². The SMILES string of the molecule is CCCCOc1cccc(-c2nn(-c3ccccc3)cc2C=C(C#N)c2nc3ccccc3[nH]2)c1. The Hall–Kier alpha value is -4.63. The van der Waals surface area contributed by atoms with Crippen molar-refractivity contribution in [3.8, 4) is 28.8 Å². The average Bonchev–Trinajstić information content (AvgIpc) is 3.52. The summed E-state index contributed by atoms with van der Waals surface area (Å²) in [4.78, 5) is 7.86. The number of fused-ring (bicyclic) bond motifs is 1. The third-order valence-electron chi connectivity index (χ3n) is 5.70. The Morgan fingerprint density at radius 1 is 1.06 bits per heavy atom. The number of benzene rings is 3. The number of aromatic amines is 1. The van der Waals surface area contributed by atoms with Gasteiger partial charge in [0.2, 0.25) is 0 Å². The smallest absolute Gasteiger partial charge is 0.149 e. The number of nitrogens with zero attached hydrogens (tertiary/aromatic N) is 4. The Morgan fingerprint density at radius 2 is 1.89 bits per heavy atom. The predicted molar refractivity (Wildman–Crippen MR) is 139 cm³/mol. The predicted octanol–water partition coefficient (Wildman–Crippen LogP) is 6.66. The fraction of sp³-hybridized carbons (Fsp3) is 0.138. The van der Waals surface area contributed by atoms with Gasteiger partial charge in [-0.3, -0.25) is 0 Å². The Balaban J connectivity index is 1.60. The van der Waals surface area contributed by atoms with Crippen molar-refractivity contribution in [2.45, 2.75) is 19.8 Å². The van der Waals surface area contributed by atoms with Crippen molar-refractivity contribution >= 4 is 22.7 Å². The number of ether oxygens (including phenoxy) is 1.